The molecule has 5 heteroatoms. The molecule has 3 nitrogen and oxygen atoms in total. The van der Waals surface area contributed by atoms with E-state index in [9.17, 15) is 8.42 Å². The molecule has 1 N–H and O–H groups in total. The van der Waals surface area contributed by atoms with Crippen LogP contribution in [0.25, 0.3) is 0 Å². The molecule has 0 aromatic rings. The molecule has 2 rings (SSSR count). The van der Waals surface area contributed by atoms with Crippen molar-refractivity contribution >= 4 is 32.6 Å². The summed E-state index contributed by atoms with van der Waals surface area (Å²) in [5.74, 6) is 0.301. The summed E-state index contributed by atoms with van der Waals surface area (Å²) in [5, 5.41) is 0. The largest absolute Gasteiger partial charge is 0.213 e. The Balaban J connectivity index is 2.22. The monoisotopic (exact) mass is 315 g/mol. The molecule has 13 heavy (non-hydrogen) atoms. The van der Waals surface area contributed by atoms with Crippen LogP contribution in [0.15, 0.2) is 0 Å². The molecule has 1 spiro atoms. The minimum Gasteiger partial charge on any atom is -0.212 e. The van der Waals surface area contributed by atoms with E-state index in [4.69, 9.17) is 0 Å². The van der Waals surface area contributed by atoms with Crippen LogP contribution in [0.5, 0.6) is 0 Å². The smallest absolute Gasteiger partial charge is 0.212 e. The van der Waals surface area contributed by atoms with Crippen LogP contribution in [0.1, 0.15) is 32.1 Å². The van der Waals surface area contributed by atoms with Gasteiger partial charge in [-0.05, 0) is 19.3 Å². The van der Waals surface area contributed by atoms with Gasteiger partial charge in [0.05, 0.1) is 5.75 Å². The summed E-state index contributed by atoms with van der Waals surface area (Å²) in [7, 11) is -2.98. The molecule has 1 saturated heterocycles. The van der Waals surface area contributed by atoms with E-state index in [1.165, 1.54) is 12.8 Å². The first-order chi connectivity index (χ1) is 6.02. The zero-order valence-electron chi connectivity index (χ0n) is 7.42. The van der Waals surface area contributed by atoms with Gasteiger partial charge in [0.2, 0.25) is 10.0 Å². The van der Waals surface area contributed by atoms with Gasteiger partial charge in [-0.25, -0.2) is 13.1 Å². The Morgan fingerprint density at radius 1 is 1.31 bits per heavy atom. The number of alkyl halides is 1. The van der Waals surface area contributed by atoms with Crippen LogP contribution in [0.3, 0.4) is 0 Å². The van der Waals surface area contributed by atoms with E-state index in [0.717, 1.165) is 19.3 Å². The summed E-state index contributed by atoms with van der Waals surface area (Å²) in [4.78, 5) is 0. The molecule has 1 atom stereocenters. The summed E-state index contributed by atoms with van der Waals surface area (Å²) >= 11 is 2.26. The van der Waals surface area contributed by atoms with Gasteiger partial charge in [0.15, 0.2) is 0 Å². The van der Waals surface area contributed by atoms with E-state index in [2.05, 4.69) is 27.3 Å². The molecule has 1 saturated carbocycles. The molecule has 0 aromatic carbocycles. The van der Waals surface area contributed by atoms with Gasteiger partial charge in [-0.2, -0.15) is 0 Å². The number of sulfonamides is 1. The third kappa shape index (κ3) is 2.18. The van der Waals surface area contributed by atoms with Gasteiger partial charge in [0, 0.05) is 9.46 Å². The van der Waals surface area contributed by atoms with Crippen LogP contribution in [0.2, 0.25) is 0 Å². The van der Waals surface area contributed by atoms with E-state index < -0.39 is 10.0 Å². The van der Waals surface area contributed by atoms with Gasteiger partial charge in [0.1, 0.15) is 0 Å². The molecule has 0 aromatic heterocycles. The molecule has 0 unspecified atom stereocenters. The Labute approximate surface area is 92.9 Å². The Bertz CT molecular complexity index is 295. The summed E-state index contributed by atoms with van der Waals surface area (Å²) in [6, 6.07) is 0. The van der Waals surface area contributed by atoms with Gasteiger partial charge in [0.25, 0.3) is 0 Å². The lowest BCUT2D eigenvalue weighted by Gasteiger charge is -2.36. The normalized spacial score (nSPS) is 36.5. The Morgan fingerprint density at radius 2 is 1.92 bits per heavy atom. The highest BCUT2D eigenvalue weighted by Gasteiger charge is 2.43. The van der Waals surface area contributed by atoms with Crippen LogP contribution in [-0.2, 0) is 10.0 Å². The van der Waals surface area contributed by atoms with Crippen molar-refractivity contribution in [1.82, 2.24) is 4.72 Å². The second-order valence-corrected chi connectivity index (χ2v) is 7.70. The SMILES string of the molecule is O=S1(=O)C[C@H](I)CC2(CCCC2)N1. The van der Waals surface area contributed by atoms with Crippen LogP contribution in [0, 0.1) is 0 Å². The minimum absolute atomic E-state index is 0.0665. The van der Waals surface area contributed by atoms with Crippen molar-refractivity contribution in [1.29, 1.82) is 0 Å². The highest BCUT2D eigenvalue weighted by Crippen LogP contribution is 2.38. The van der Waals surface area contributed by atoms with Crippen molar-refractivity contribution in [3.8, 4) is 0 Å². The Morgan fingerprint density at radius 3 is 2.46 bits per heavy atom. The molecule has 76 valence electrons. The van der Waals surface area contributed by atoms with Gasteiger partial charge in [-0.3, -0.25) is 0 Å². The number of hydrogen-bond acceptors (Lipinski definition) is 2. The first-order valence-electron chi connectivity index (χ1n) is 4.67. The number of rotatable bonds is 0. The summed E-state index contributed by atoms with van der Waals surface area (Å²) in [6.07, 6.45) is 5.43. The minimum atomic E-state index is -2.98. The van der Waals surface area contributed by atoms with Crippen LogP contribution in [-0.4, -0.2) is 23.6 Å². The second-order valence-electron chi connectivity index (χ2n) is 4.17. The maximum absolute atomic E-state index is 11.5. The third-order valence-corrected chi connectivity index (χ3v) is 6.01. The van der Waals surface area contributed by atoms with Gasteiger partial charge in [-0.15, -0.1) is 0 Å². The van der Waals surface area contributed by atoms with Gasteiger partial charge < -0.3 is 0 Å². The predicted molar refractivity (Wildman–Crippen MR) is 60.5 cm³/mol. The number of halogens is 1. The fourth-order valence-electron chi connectivity index (χ4n) is 2.49. The average Bonchev–Trinajstić information content (AvgIpc) is 2.31. The molecule has 1 aliphatic heterocycles. The van der Waals surface area contributed by atoms with Crippen molar-refractivity contribution in [3.05, 3.63) is 0 Å². The molecular weight excluding hydrogens is 301 g/mol. The zero-order chi connectivity index (χ0) is 9.53. The number of nitrogens with one attached hydrogen (secondary N) is 1. The van der Waals surface area contributed by atoms with Crippen LogP contribution >= 0.6 is 22.6 Å². The highest BCUT2D eigenvalue weighted by molar-refractivity contribution is 14.1. The lowest BCUT2D eigenvalue weighted by atomic mass is 9.93. The lowest BCUT2D eigenvalue weighted by molar-refractivity contribution is 0.351. The molecule has 0 bridgehead atoms. The first kappa shape index (κ1) is 10.2. The van der Waals surface area contributed by atoms with Crippen LogP contribution in [0.4, 0.5) is 0 Å². The average molecular weight is 315 g/mol. The molecular formula is C8H14INO2S. The van der Waals surface area contributed by atoms with E-state index in [1.807, 2.05) is 0 Å². The number of hydrogen-bond donors (Lipinski definition) is 1. The molecule has 1 aliphatic carbocycles. The van der Waals surface area contributed by atoms with E-state index >= 15 is 0 Å². The maximum atomic E-state index is 11.5. The molecule has 1 heterocycles. The molecule has 0 amide bonds. The summed E-state index contributed by atoms with van der Waals surface area (Å²) < 4.78 is 26.2. The van der Waals surface area contributed by atoms with Gasteiger partial charge in [-0.1, -0.05) is 35.4 Å². The second kappa shape index (κ2) is 3.34. The van der Waals surface area contributed by atoms with E-state index in [1.54, 1.807) is 0 Å². The zero-order valence-corrected chi connectivity index (χ0v) is 10.4. The Hall–Kier alpha value is 0.640. The summed E-state index contributed by atoms with van der Waals surface area (Å²) in [6.45, 7) is 0. The predicted octanol–water partition coefficient (Wildman–Crippen LogP) is 1.43. The molecule has 2 fully saturated rings. The quantitative estimate of drug-likeness (QED) is 0.543. The third-order valence-electron chi connectivity index (χ3n) is 2.95. The van der Waals surface area contributed by atoms with Crippen molar-refractivity contribution in [2.45, 2.75) is 41.6 Å². The van der Waals surface area contributed by atoms with Crippen molar-refractivity contribution in [3.63, 3.8) is 0 Å². The fourth-order valence-corrected chi connectivity index (χ4v) is 6.38. The summed E-state index contributed by atoms with van der Waals surface area (Å²) in [5.41, 5.74) is -0.0665. The topological polar surface area (TPSA) is 46.2 Å². The van der Waals surface area contributed by atoms with E-state index in [0.29, 0.717) is 9.68 Å². The standard InChI is InChI=1S/C8H14INO2S/c9-7-5-8(3-1-2-4-8)10-13(11,12)6-7/h7,10H,1-6H2/t7-/m1/s1. The fraction of sp³-hybridized carbons (Fsp3) is 1.00. The van der Waals surface area contributed by atoms with Crippen molar-refractivity contribution < 1.29 is 8.42 Å². The van der Waals surface area contributed by atoms with Crippen molar-refractivity contribution in [2.75, 3.05) is 5.75 Å². The van der Waals surface area contributed by atoms with E-state index in [-0.39, 0.29) is 5.54 Å². The lowest BCUT2D eigenvalue weighted by Crippen LogP contribution is -2.54. The highest BCUT2D eigenvalue weighted by atomic mass is 127. The van der Waals surface area contributed by atoms with Crippen molar-refractivity contribution in [2.24, 2.45) is 0 Å². The maximum Gasteiger partial charge on any atom is 0.213 e. The molecule has 2 aliphatic rings. The van der Waals surface area contributed by atoms with Crippen LogP contribution < -0.4 is 4.72 Å². The Kier molecular flexibility index (Phi) is 2.61. The van der Waals surface area contributed by atoms with Gasteiger partial charge >= 0.3 is 0 Å². The first-order valence-corrected chi connectivity index (χ1v) is 7.57. The molecule has 0 radical (unpaired) electrons.